The Morgan fingerprint density at radius 1 is 0.929 bits per heavy atom. The average molecular weight is 391 g/mol. The maximum Gasteiger partial charge on any atom is 0.342 e. The highest BCUT2D eigenvalue weighted by Crippen LogP contribution is 2.49. The molecular weight excluding hydrogens is 372 g/mol. The van der Waals surface area contributed by atoms with Crippen molar-refractivity contribution in [2.45, 2.75) is 15.9 Å². The van der Waals surface area contributed by atoms with Gasteiger partial charge in [0.05, 0.1) is 5.56 Å². The number of rotatable bonds is 6. The minimum absolute atomic E-state index is 0.0106. The van der Waals surface area contributed by atoms with E-state index < -0.39 is 11.0 Å². The van der Waals surface area contributed by atoms with Crippen LogP contribution in [0.25, 0.3) is 0 Å². The Hall–Kier alpha value is -2.73. The molecule has 1 aliphatic rings. The smallest absolute Gasteiger partial charge is 0.342 e. The van der Waals surface area contributed by atoms with Crippen molar-refractivity contribution in [1.29, 1.82) is 0 Å². The minimum Gasteiger partial charge on any atom is -0.360 e. The maximum absolute atomic E-state index is 12.5. The van der Waals surface area contributed by atoms with Gasteiger partial charge in [0.2, 0.25) is 5.79 Å². The van der Waals surface area contributed by atoms with Crippen molar-refractivity contribution >= 4 is 23.3 Å². The predicted octanol–water partition coefficient (Wildman–Crippen LogP) is 3.80. The summed E-state index contributed by atoms with van der Waals surface area (Å²) in [6.45, 7) is -0.298. The number of carbonyl (C=O) groups excluding carboxylic acids is 2. The summed E-state index contributed by atoms with van der Waals surface area (Å²) in [5.41, 5.74) is 1.66. The third-order valence-electron chi connectivity index (χ3n) is 4.71. The van der Waals surface area contributed by atoms with Crippen LogP contribution in [0, 0.1) is 0 Å². The van der Waals surface area contributed by atoms with Crippen LogP contribution in [0.2, 0.25) is 0 Å². The molecule has 28 heavy (non-hydrogen) atoms. The standard InChI is InChI=1S/C23H18O4S/c24-19(16-9-3-1-4-10-16)15-27-23(26)18-13-7-8-14-20(18)28-22(23)21(25)17-11-5-2-6-12-17/h1-14,22,26H,15H2/p+1. The third kappa shape index (κ3) is 3.40. The lowest BCUT2D eigenvalue weighted by molar-refractivity contribution is -0.194. The van der Waals surface area contributed by atoms with Gasteiger partial charge >= 0.3 is 5.78 Å². The summed E-state index contributed by atoms with van der Waals surface area (Å²) in [5.74, 6) is -2.04. The number of Topliss-reactive ketones (excluding diaryl/α,β-unsaturated/α-hetero) is 1. The molecule has 0 spiro atoms. The van der Waals surface area contributed by atoms with Crippen LogP contribution in [0.3, 0.4) is 0 Å². The number of benzene rings is 3. The Balaban J connectivity index is 1.63. The van der Waals surface area contributed by atoms with Crippen LogP contribution in [0.5, 0.6) is 0 Å². The summed E-state index contributed by atoms with van der Waals surface area (Å²) in [4.78, 5) is 24.2. The first-order valence-electron chi connectivity index (χ1n) is 8.91. The topological polar surface area (TPSA) is 67.9 Å². The van der Waals surface area contributed by atoms with E-state index >= 15 is 0 Å². The van der Waals surface area contributed by atoms with E-state index in [-0.39, 0.29) is 18.2 Å². The van der Waals surface area contributed by atoms with Crippen LogP contribution >= 0.6 is 11.8 Å². The van der Waals surface area contributed by atoms with Crippen LogP contribution in [-0.2, 0) is 10.5 Å². The summed E-state index contributed by atoms with van der Waals surface area (Å²) in [6, 6.07) is 25.1. The fourth-order valence-corrected chi connectivity index (χ4v) is 4.61. The quantitative estimate of drug-likeness (QED) is 0.394. The highest BCUT2D eigenvalue weighted by Gasteiger charge is 2.54. The van der Waals surface area contributed by atoms with Gasteiger partial charge in [-0.05, 0) is 18.2 Å². The third-order valence-corrected chi connectivity index (χ3v) is 6.10. The van der Waals surface area contributed by atoms with Gasteiger partial charge in [-0.1, -0.05) is 66.7 Å². The van der Waals surface area contributed by atoms with E-state index in [1.54, 1.807) is 48.5 Å². The second kappa shape index (κ2) is 7.72. The number of carbonyl (C=O) groups is 1. The molecule has 2 atom stereocenters. The molecule has 140 valence electrons. The largest absolute Gasteiger partial charge is 0.360 e. The van der Waals surface area contributed by atoms with Crippen molar-refractivity contribution in [2.24, 2.45) is 0 Å². The summed E-state index contributed by atoms with van der Waals surface area (Å²) < 4.78 is 5.79. The first kappa shape index (κ1) is 18.6. The number of ether oxygens (including phenoxy) is 1. The van der Waals surface area contributed by atoms with Gasteiger partial charge in [0.25, 0.3) is 0 Å². The second-order valence-electron chi connectivity index (χ2n) is 6.52. The Morgan fingerprint density at radius 3 is 2.18 bits per heavy atom. The first-order valence-corrected chi connectivity index (χ1v) is 9.79. The van der Waals surface area contributed by atoms with Gasteiger partial charge < -0.3 is 9.84 Å². The number of thioether (sulfide) groups is 1. The lowest BCUT2D eigenvalue weighted by Crippen LogP contribution is -2.43. The summed E-state index contributed by atoms with van der Waals surface area (Å²) >= 11 is 1.32. The van der Waals surface area contributed by atoms with Gasteiger partial charge in [0.1, 0.15) is 6.61 Å². The van der Waals surface area contributed by atoms with E-state index in [0.717, 1.165) is 4.90 Å². The molecule has 0 radical (unpaired) electrons. The maximum atomic E-state index is 12.5. The molecule has 4 nitrogen and oxygen atoms in total. The van der Waals surface area contributed by atoms with Gasteiger partial charge in [0.15, 0.2) is 11.0 Å². The van der Waals surface area contributed by atoms with Crippen molar-refractivity contribution in [2.75, 3.05) is 6.61 Å². The van der Waals surface area contributed by atoms with E-state index in [1.165, 1.54) is 11.8 Å². The first-order chi connectivity index (χ1) is 13.6. The van der Waals surface area contributed by atoms with Crippen molar-refractivity contribution in [3.63, 3.8) is 0 Å². The van der Waals surface area contributed by atoms with Crippen LogP contribution in [-0.4, -0.2) is 33.3 Å². The van der Waals surface area contributed by atoms with Crippen molar-refractivity contribution in [1.82, 2.24) is 0 Å². The van der Waals surface area contributed by atoms with Gasteiger partial charge in [0, 0.05) is 16.0 Å². The molecule has 5 heteroatoms. The zero-order valence-corrected chi connectivity index (χ0v) is 15.8. The zero-order valence-electron chi connectivity index (χ0n) is 15.0. The highest BCUT2D eigenvalue weighted by molar-refractivity contribution is 8.01. The molecule has 0 fully saturated rings. The van der Waals surface area contributed by atoms with Crippen LogP contribution in [0.4, 0.5) is 0 Å². The molecule has 1 aliphatic heterocycles. The average Bonchev–Trinajstić information content (AvgIpc) is 3.06. The Morgan fingerprint density at radius 2 is 1.50 bits per heavy atom. The molecule has 4 rings (SSSR count). The molecule has 3 aromatic carbocycles. The van der Waals surface area contributed by atoms with E-state index in [0.29, 0.717) is 16.7 Å². The van der Waals surface area contributed by atoms with E-state index in [9.17, 15) is 14.7 Å². The highest BCUT2D eigenvalue weighted by atomic mass is 32.2. The number of fused-ring (bicyclic) bond motifs is 1. The molecule has 0 bridgehead atoms. The molecule has 0 saturated heterocycles. The van der Waals surface area contributed by atoms with Crippen molar-refractivity contribution < 1.29 is 19.4 Å². The second-order valence-corrected chi connectivity index (χ2v) is 7.67. The minimum atomic E-state index is -1.81. The molecular formula is C23H19O4S+. The normalized spacial score (nSPS) is 20.5. The number of aliphatic hydroxyl groups is 1. The number of hydrogen-bond donors (Lipinski definition) is 1. The molecule has 0 aliphatic carbocycles. The lowest BCUT2D eigenvalue weighted by Gasteiger charge is -2.27. The summed E-state index contributed by atoms with van der Waals surface area (Å²) in [7, 11) is 0. The van der Waals surface area contributed by atoms with Crippen LogP contribution in [0.15, 0.2) is 89.8 Å². The molecule has 0 aromatic heterocycles. The Bertz CT molecular complexity index is 1000. The fourth-order valence-electron chi connectivity index (χ4n) is 3.25. The predicted molar refractivity (Wildman–Crippen MR) is 109 cm³/mol. The molecule has 0 saturated carbocycles. The molecule has 0 amide bonds. The van der Waals surface area contributed by atoms with Crippen molar-refractivity contribution in [3.8, 4) is 0 Å². The van der Waals surface area contributed by atoms with Crippen molar-refractivity contribution in [3.05, 3.63) is 102 Å². The number of hydrogen-bond acceptors (Lipinski definition) is 4. The van der Waals surface area contributed by atoms with Gasteiger partial charge in [-0.2, -0.15) is 0 Å². The SMILES string of the molecule is O=C(COC1(O)c2ccccc2SC1C(=[OH+])c1ccccc1)c1ccccc1. The van der Waals surface area contributed by atoms with E-state index in [2.05, 4.69) is 0 Å². The summed E-state index contributed by atoms with van der Waals surface area (Å²) in [5, 5.41) is 10.7. The van der Waals surface area contributed by atoms with E-state index in [4.69, 9.17) is 4.74 Å². The molecule has 2 N–H and O–H groups in total. The molecule has 3 aromatic rings. The lowest BCUT2D eigenvalue weighted by atomic mass is 9.96. The van der Waals surface area contributed by atoms with Gasteiger partial charge in [-0.15, -0.1) is 11.8 Å². The van der Waals surface area contributed by atoms with Crippen LogP contribution in [0.1, 0.15) is 21.5 Å². The Labute approximate surface area is 167 Å². The van der Waals surface area contributed by atoms with E-state index in [1.807, 2.05) is 36.4 Å². The van der Waals surface area contributed by atoms with Crippen LogP contribution < -0.4 is 0 Å². The Kier molecular flexibility index (Phi) is 5.13. The monoisotopic (exact) mass is 391 g/mol. The molecule has 2 unspecified atom stereocenters. The molecule has 1 heterocycles. The fraction of sp³-hybridized carbons (Fsp3) is 0.130. The number of ketones is 2. The van der Waals surface area contributed by atoms with Gasteiger partial charge in [-0.3, -0.25) is 9.59 Å². The van der Waals surface area contributed by atoms with Gasteiger partial charge in [-0.25, -0.2) is 0 Å². The zero-order chi connectivity index (χ0) is 19.6. The summed E-state index contributed by atoms with van der Waals surface area (Å²) in [6.07, 6.45) is 0.